The maximum atomic E-state index is 11.2. The van der Waals surface area contributed by atoms with Crippen molar-refractivity contribution >= 4 is 59.0 Å². The summed E-state index contributed by atoms with van der Waals surface area (Å²) in [6, 6.07) is 5.56. The van der Waals surface area contributed by atoms with Gasteiger partial charge in [-0.1, -0.05) is 29.3 Å². The van der Waals surface area contributed by atoms with Crippen molar-refractivity contribution in [3.63, 3.8) is 0 Å². The van der Waals surface area contributed by atoms with E-state index in [4.69, 9.17) is 28.9 Å². The number of carbonyl (C=O) groups is 1. The maximum Gasteiger partial charge on any atom is 0.220 e. The molecule has 0 bridgehead atoms. The zero-order valence-corrected chi connectivity index (χ0v) is 21.6. The highest BCUT2D eigenvalue weighted by Gasteiger charge is 2.22. The minimum Gasteiger partial charge on any atom is -0.369 e. The van der Waals surface area contributed by atoms with Crippen LogP contribution in [-0.4, -0.2) is 49.5 Å². The summed E-state index contributed by atoms with van der Waals surface area (Å²) in [4.78, 5) is 18.3. The summed E-state index contributed by atoms with van der Waals surface area (Å²) >= 11 is 12.3. The molecule has 1 aromatic carbocycles. The molecule has 30 heavy (non-hydrogen) atoms. The average molecular weight is 570 g/mol. The SMILES string of the molecule is CCNC(=NCCCCN1CCC(C(N)=O)CC1)NC(C)c1ccc(Cl)cc1Cl.I. The smallest absolute Gasteiger partial charge is 0.220 e. The molecule has 1 saturated heterocycles. The van der Waals surface area contributed by atoms with Gasteiger partial charge in [0.05, 0.1) is 6.04 Å². The Bertz CT molecular complexity index is 696. The first-order chi connectivity index (χ1) is 13.9. The van der Waals surface area contributed by atoms with Crippen molar-refractivity contribution < 1.29 is 4.79 Å². The zero-order chi connectivity index (χ0) is 21.2. The molecule has 1 heterocycles. The van der Waals surface area contributed by atoms with Crippen molar-refractivity contribution in [2.45, 2.75) is 45.6 Å². The van der Waals surface area contributed by atoms with Crippen molar-refractivity contribution in [1.29, 1.82) is 0 Å². The summed E-state index contributed by atoms with van der Waals surface area (Å²) in [5.41, 5.74) is 6.38. The lowest BCUT2D eigenvalue weighted by molar-refractivity contribution is -0.123. The van der Waals surface area contributed by atoms with Crippen LogP contribution < -0.4 is 16.4 Å². The van der Waals surface area contributed by atoms with E-state index in [-0.39, 0.29) is 41.8 Å². The third kappa shape index (κ3) is 9.16. The van der Waals surface area contributed by atoms with Gasteiger partial charge in [-0.2, -0.15) is 0 Å². The van der Waals surface area contributed by atoms with E-state index < -0.39 is 0 Å². The first kappa shape index (κ1) is 27.3. The van der Waals surface area contributed by atoms with Gasteiger partial charge in [0.2, 0.25) is 5.91 Å². The Morgan fingerprint density at radius 1 is 1.30 bits per heavy atom. The molecule has 1 atom stereocenters. The van der Waals surface area contributed by atoms with E-state index in [0.717, 1.165) is 69.9 Å². The van der Waals surface area contributed by atoms with Gasteiger partial charge in [0, 0.05) is 29.1 Å². The molecular formula is C21H34Cl2IN5O. The predicted octanol–water partition coefficient (Wildman–Crippen LogP) is 4.21. The number of amides is 1. The molecule has 0 aromatic heterocycles. The van der Waals surface area contributed by atoms with Gasteiger partial charge < -0.3 is 21.3 Å². The molecular weight excluding hydrogens is 536 g/mol. The highest BCUT2D eigenvalue weighted by atomic mass is 127. The van der Waals surface area contributed by atoms with Crippen LogP contribution >= 0.6 is 47.2 Å². The number of likely N-dealkylation sites (tertiary alicyclic amines) is 1. The van der Waals surface area contributed by atoms with Crippen molar-refractivity contribution in [2.24, 2.45) is 16.6 Å². The molecule has 0 spiro atoms. The summed E-state index contributed by atoms with van der Waals surface area (Å²) in [5.74, 6) is 0.686. The van der Waals surface area contributed by atoms with E-state index >= 15 is 0 Å². The third-order valence-corrected chi connectivity index (χ3v) is 5.83. The molecule has 9 heteroatoms. The van der Waals surface area contributed by atoms with Crippen LogP contribution in [0, 0.1) is 5.92 Å². The Morgan fingerprint density at radius 2 is 2.00 bits per heavy atom. The molecule has 0 aliphatic carbocycles. The monoisotopic (exact) mass is 569 g/mol. The lowest BCUT2D eigenvalue weighted by Gasteiger charge is -2.30. The fraction of sp³-hybridized carbons (Fsp3) is 0.619. The van der Waals surface area contributed by atoms with Crippen LogP contribution in [0.1, 0.15) is 51.1 Å². The molecule has 1 unspecified atom stereocenters. The number of benzene rings is 1. The quantitative estimate of drug-likeness (QED) is 0.180. The Balaban J connectivity index is 0.00000450. The maximum absolute atomic E-state index is 11.2. The molecule has 1 fully saturated rings. The van der Waals surface area contributed by atoms with E-state index in [9.17, 15) is 4.79 Å². The van der Waals surface area contributed by atoms with E-state index in [1.807, 2.05) is 19.1 Å². The molecule has 170 valence electrons. The Hall–Kier alpha value is -0.770. The molecule has 0 radical (unpaired) electrons. The Labute approximate surface area is 207 Å². The third-order valence-electron chi connectivity index (χ3n) is 5.27. The van der Waals surface area contributed by atoms with Crippen LogP contribution in [0.2, 0.25) is 10.0 Å². The predicted molar refractivity (Wildman–Crippen MR) is 137 cm³/mol. The molecule has 1 aliphatic heterocycles. The topological polar surface area (TPSA) is 82.8 Å². The first-order valence-corrected chi connectivity index (χ1v) is 11.2. The van der Waals surface area contributed by atoms with Crippen LogP contribution in [0.5, 0.6) is 0 Å². The summed E-state index contributed by atoms with van der Waals surface area (Å²) in [7, 11) is 0. The Kier molecular flexibility index (Phi) is 13.0. The minimum absolute atomic E-state index is 0. The highest BCUT2D eigenvalue weighted by Crippen LogP contribution is 2.26. The molecule has 1 aromatic rings. The van der Waals surface area contributed by atoms with Gasteiger partial charge in [0.15, 0.2) is 5.96 Å². The van der Waals surface area contributed by atoms with Gasteiger partial charge in [0.1, 0.15) is 0 Å². The highest BCUT2D eigenvalue weighted by molar-refractivity contribution is 14.0. The summed E-state index contributed by atoms with van der Waals surface area (Å²) in [5, 5.41) is 7.97. The van der Waals surface area contributed by atoms with Gasteiger partial charge >= 0.3 is 0 Å². The second-order valence-corrected chi connectivity index (χ2v) is 8.36. The molecule has 1 aliphatic rings. The number of hydrogen-bond donors (Lipinski definition) is 3. The standard InChI is InChI=1S/C21H33Cl2N5O.HI/c1-3-25-21(27-15(2)18-7-6-17(22)14-19(18)23)26-10-4-5-11-28-12-8-16(9-13-28)20(24)29;/h6-7,14-16H,3-5,8-13H2,1-2H3,(H2,24,29)(H2,25,26,27);1H. The number of halogens is 3. The molecule has 2 rings (SSSR count). The number of guanidine groups is 1. The fourth-order valence-electron chi connectivity index (χ4n) is 3.53. The zero-order valence-electron chi connectivity index (χ0n) is 17.8. The van der Waals surface area contributed by atoms with Crippen molar-refractivity contribution in [3.05, 3.63) is 33.8 Å². The molecule has 4 N–H and O–H groups in total. The summed E-state index contributed by atoms with van der Waals surface area (Å²) in [6.45, 7) is 8.61. The van der Waals surface area contributed by atoms with Crippen molar-refractivity contribution in [3.8, 4) is 0 Å². The van der Waals surface area contributed by atoms with Crippen LogP contribution in [0.15, 0.2) is 23.2 Å². The number of nitrogens with one attached hydrogen (secondary N) is 2. The number of rotatable bonds is 9. The number of nitrogens with zero attached hydrogens (tertiary/aromatic N) is 2. The largest absolute Gasteiger partial charge is 0.369 e. The van der Waals surface area contributed by atoms with Crippen LogP contribution in [0.25, 0.3) is 0 Å². The average Bonchev–Trinajstić information content (AvgIpc) is 2.68. The van der Waals surface area contributed by atoms with Gasteiger partial charge in [-0.05, 0) is 76.9 Å². The summed E-state index contributed by atoms with van der Waals surface area (Å²) in [6.07, 6.45) is 3.87. The molecule has 1 amide bonds. The number of carbonyl (C=O) groups excluding carboxylic acids is 1. The lowest BCUT2D eigenvalue weighted by Crippen LogP contribution is -2.39. The van der Waals surface area contributed by atoms with Gasteiger partial charge in [-0.3, -0.25) is 9.79 Å². The van der Waals surface area contributed by atoms with E-state index in [2.05, 4.69) is 27.4 Å². The van der Waals surface area contributed by atoms with Crippen LogP contribution in [-0.2, 0) is 4.79 Å². The minimum atomic E-state index is -0.156. The fourth-order valence-corrected chi connectivity index (χ4v) is 4.11. The van der Waals surface area contributed by atoms with Gasteiger partial charge in [0.25, 0.3) is 0 Å². The van der Waals surface area contributed by atoms with Crippen LogP contribution in [0.3, 0.4) is 0 Å². The van der Waals surface area contributed by atoms with Crippen molar-refractivity contribution in [2.75, 3.05) is 32.7 Å². The number of nitrogens with two attached hydrogens (primary N) is 1. The van der Waals surface area contributed by atoms with Gasteiger partial charge in [-0.25, -0.2) is 0 Å². The summed E-state index contributed by atoms with van der Waals surface area (Å²) < 4.78 is 0. The first-order valence-electron chi connectivity index (χ1n) is 10.4. The van der Waals surface area contributed by atoms with E-state index in [1.165, 1.54) is 0 Å². The van der Waals surface area contributed by atoms with E-state index in [0.29, 0.717) is 10.0 Å². The number of primary amides is 1. The van der Waals surface area contributed by atoms with Crippen molar-refractivity contribution in [1.82, 2.24) is 15.5 Å². The van der Waals surface area contributed by atoms with Gasteiger partial charge in [-0.15, -0.1) is 24.0 Å². The van der Waals surface area contributed by atoms with Crippen LogP contribution in [0.4, 0.5) is 0 Å². The number of aliphatic imine (C=N–C) groups is 1. The molecule has 6 nitrogen and oxygen atoms in total. The molecule has 0 saturated carbocycles. The second kappa shape index (κ2) is 14.3. The number of unbranched alkanes of at least 4 members (excludes halogenated alkanes) is 1. The lowest BCUT2D eigenvalue weighted by atomic mass is 9.96. The number of hydrogen-bond acceptors (Lipinski definition) is 3. The van der Waals surface area contributed by atoms with E-state index in [1.54, 1.807) is 6.07 Å². The second-order valence-electron chi connectivity index (χ2n) is 7.52. The Morgan fingerprint density at radius 3 is 2.60 bits per heavy atom. The number of piperidine rings is 1. The normalized spacial score (nSPS) is 16.6.